The summed E-state index contributed by atoms with van der Waals surface area (Å²) in [5.74, 6) is 0. The number of hydrogen-bond donors (Lipinski definition) is 0. The van der Waals surface area contributed by atoms with E-state index < -0.39 is 0 Å². The summed E-state index contributed by atoms with van der Waals surface area (Å²) in [7, 11) is 9.59. The molecule has 22 heavy (non-hydrogen) atoms. The summed E-state index contributed by atoms with van der Waals surface area (Å²) >= 11 is 3.51. The quantitative estimate of drug-likeness (QED) is 0.528. The van der Waals surface area contributed by atoms with Gasteiger partial charge in [0.25, 0.3) is 0 Å². The number of pyridine rings is 1. The van der Waals surface area contributed by atoms with Crippen LogP contribution < -0.4 is 0 Å². The molecule has 0 spiro atoms. The molecule has 1 aliphatic heterocycles. The molecule has 1 aliphatic rings. The summed E-state index contributed by atoms with van der Waals surface area (Å²) in [6.07, 6.45) is 0. The van der Waals surface area contributed by atoms with E-state index in [9.17, 15) is 0 Å². The first-order valence-corrected chi connectivity index (χ1v) is 10.9. The van der Waals surface area contributed by atoms with Crippen molar-refractivity contribution in [3.05, 3.63) is 49.3 Å². The minimum atomic E-state index is 0.00694. The number of aromatic nitrogens is 1. The normalized spacial score (nSPS) is 17.6. The topological polar surface area (TPSA) is 69.3 Å². The van der Waals surface area contributed by atoms with Crippen LogP contribution in [0, 0.1) is 0 Å². The monoisotopic (exact) mass is 448 g/mol. The van der Waals surface area contributed by atoms with Crippen molar-refractivity contribution in [2.45, 2.75) is 13.1 Å². The Morgan fingerprint density at radius 3 is 1.59 bits per heavy atom. The first-order valence-electron chi connectivity index (χ1n) is 6.81. The summed E-state index contributed by atoms with van der Waals surface area (Å²) < 4.78 is 1.04. The molecule has 0 aliphatic carbocycles. The van der Waals surface area contributed by atoms with Gasteiger partial charge < -0.3 is 21.3 Å². The Bertz CT molecular complexity index is 382. The van der Waals surface area contributed by atoms with Crippen molar-refractivity contribution >= 4 is 36.1 Å². The van der Waals surface area contributed by atoms with Gasteiger partial charge in [0.2, 0.25) is 0 Å². The van der Waals surface area contributed by atoms with Gasteiger partial charge in [-0.1, -0.05) is 15.9 Å². The second-order valence-corrected chi connectivity index (χ2v) is 7.24. The van der Waals surface area contributed by atoms with Crippen LogP contribution in [0.15, 0.2) is 16.6 Å². The molecule has 5 nitrogen and oxygen atoms in total. The summed E-state index contributed by atoms with van der Waals surface area (Å²) in [5, 5.41) is 17.7. The Morgan fingerprint density at radius 1 is 0.818 bits per heavy atom. The molecule has 2 heterocycles. The molecule has 2 bridgehead atoms. The Hall–Kier alpha value is 0.569. The van der Waals surface area contributed by atoms with Gasteiger partial charge in [-0.05, 0) is 12.1 Å². The van der Waals surface area contributed by atoms with E-state index in [2.05, 4.69) is 42.2 Å². The molecule has 0 aromatic carbocycles. The van der Waals surface area contributed by atoms with Gasteiger partial charge in [0, 0.05) is 15.9 Å². The second kappa shape index (κ2) is 14.0. The van der Waals surface area contributed by atoms with Crippen LogP contribution in [-0.4, -0.2) is 44.3 Å². The molecule has 2 rings (SSSR count). The molecule has 0 atom stereocenters. The zero-order valence-corrected chi connectivity index (χ0v) is 16.3. The van der Waals surface area contributed by atoms with Crippen molar-refractivity contribution in [3.8, 4) is 0 Å². The standard InChI is InChI=1S/C13H18BrN5.2ClH.Mn/c14-11-7-12-9-17-5-3-15-1-2-16-4-6-18-10-13(8-11)19-12;;;/h7-8H,1-6,9-10H2;2*1H;/q-4;;;+2/p-2. The molecule has 0 amide bonds. The van der Waals surface area contributed by atoms with E-state index in [4.69, 9.17) is 20.2 Å². The third-order valence-electron chi connectivity index (χ3n) is 2.69. The molecular formula is C13H18BrCl2MnN5-4. The Balaban J connectivity index is 0.000000745. The van der Waals surface area contributed by atoms with Crippen molar-refractivity contribution in [1.29, 1.82) is 0 Å². The van der Waals surface area contributed by atoms with E-state index in [0.717, 1.165) is 55.1 Å². The van der Waals surface area contributed by atoms with Gasteiger partial charge in [-0.15, -0.1) is 13.1 Å². The molecule has 0 N–H and O–H groups in total. The van der Waals surface area contributed by atoms with Crippen LogP contribution in [0.5, 0.6) is 0 Å². The van der Waals surface area contributed by atoms with Gasteiger partial charge in [0.1, 0.15) is 0 Å². The van der Waals surface area contributed by atoms with Crippen molar-refractivity contribution in [3.63, 3.8) is 0 Å². The Morgan fingerprint density at radius 2 is 1.18 bits per heavy atom. The van der Waals surface area contributed by atoms with Crippen LogP contribution in [0.2, 0.25) is 0 Å². The molecule has 0 unspecified atom stereocenters. The van der Waals surface area contributed by atoms with E-state index in [1.54, 1.807) is 0 Å². The SMILES string of the molecule is Brc1cc2nc(c1)C[N-]CC[N-]CC[N-]CC[N-]C2.[Cl][Mn][Cl]. The zero-order valence-electron chi connectivity index (χ0n) is 12.1. The van der Waals surface area contributed by atoms with E-state index in [1.807, 2.05) is 12.1 Å². The van der Waals surface area contributed by atoms with E-state index >= 15 is 0 Å². The van der Waals surface area contributed by atoms with Crippen LogP contribution in [-0.2, 0) is 26.2 Å². The molecule has 0 fully saturated rings. The van der Waals surface area contributed by atoms with Gasteiger partial charge in [-0.25, -0.2) is 0 Å². The minimum absolute atomic E-state index is 0.00694. The third kappa shape index (κ3) is 10.4. The van der Waals surface area contributed by atoms with Gasteiger partial charge >= 0.3 is 33.3 Å². The van der Waals surface area contributed by atoms with Crippen LogP contribution >= 0.6 is 36.1 Å². The Kier molecular flexibility index (Phi) is 13.1. The number of fused-ring (bicyclic) bond motifs is 2. The fourth-order valence-corrected chi connectivity index (χ4v) is 2.33. The number of hydrogen-bond acceptors (Lipinski definition) is 1. The predicted octanol–water partition coefficient (Wildman–Crippen LogP) is 4.73. The first-order chi connectivity index (χ1) is 10.8. The number of halogens is 3. The summed E-state index contributed by atoms with van der Waals surface area (Å²) in [6, 6.07) is 4.02. The van der Waals surface area contributed by atoms with Crippen molar-refractivity contribution in [1.82, 2.24) is 4.98 Å². The van der Waals surface area contributed by atoms with Crippen LogP contribution in [0.4, 0.5) is 0 Å². The van der Waals surface area contributed by atoms with E-state index in [0.29, 0.717) is 13.1 Å². The predicted molar refractivity (Wildman–Crippen MR) is 93.7 cm³/mol. The maximum atomic E-state index is 4.80. The summed E-state index contributed by atoms with van der Waals surface area (Å²) in [5.41, 5.74) is 1.97. The van der Waals surface area contributed by atoms with Crippen molar-refractivity contribution < 1.29 is 13.1 Å². The summed E-state index contributed by atoms with van der Waals surface area (Å²) in [6.45, 7) is 5.96. The van der Waals surface area contributed by atoms with E-state index in [-0.39, 0.29) is 13.1 Å². The molecule has 1 aromatic heterocycles. The molecule has 1 aromatic rings. The van der Waals surface area contributed by atoms with Gasteiger partial charge in [0.15, 0.2) is 0 Å². The van der Waals surface area contributed by atoms with Gasteiger partial charge in [0.05, 0.1) is 0 Å². The van der Waals surface area contributed by atoms with Gasteiger partial charge in [-0.2, -0.15) is 39.3 Å². The molecule has 0 saturated heterocycles. The van der Waals surface area contributed by atoms with Crippen LogP contribution in [0.1, 0.15) is 11.4 Å². The van der Waals surface area contributed by atoms with Crippen molar-refractivity contribution in [2.24, 2.45) is 0 Å². The van der Waals surface area contributed by atoms with Crippen LogP contribution in [0.3, 0.4) is 0 Å². The molecular weight excluding hydrogens is 432 g/mol. The second-order valence-electron chi connectivity index (χ2n) is 4.37. The zero-order chi connectivity index (χ0) is 16.0. The first kappa shape index (κ1) is 20.6. The molecule has 9 heteroatoms. The van der Waals surface area contributed by atoms with Crippen molar-refractivity contribution in [2.75, 3.05) is 39.3 Å². The van der Waals surface area contributed by atoms with Gasteiger partial charge in [-0.3, -0.25) is 4.98 Å². The fourth-order valence-electron chi connectivity index (χ4n) is 1.81. The summed E-state index contributed by atoms with van der Waals surface area (Å²) in [4.78, 5) is 4.57. The molecule has 0 saturated carbocycles. The third-order valence-corrected chi connectivity index (χ3v) is 3.15. The Labute approximate surface area is 155 Å². The fraction of sp³-hybridized carbons (Fsp3) is 0.615. The average Bonchev–Trinajstić information content (AvgIpc) is 2.48. The molecule has 127 valence electrons. The molecule has 0 radical (unpaired) electrons. The number of nitrogens with zero attached hydrogens (tertiary/aromatic N) is 5. The van der Waals surface area contributed by atoms with Crippen LogP contribution in [0.25, 0.3) is 21.3 Å². The number of rotatable bonds is 0. The average molecular weight is 450 g/mol. The maximum absolute atomic E-state index is 4.80. The van der Waals surface area contributed by atoms with E-state index in [1.165, 1.54) is 0 Å².